The lowest BCUT2D eigenvalue weighted by Gasteiger charge is -2.33. The Balaban J connectivity index is 1.28. The summed E-state index contributed by atoms with van der Waals surface area (Å²) in [5, 5.41) is 0.650. The van der Waals surface area contributed by atoms with Gasteiger partial charge in [0.05, 0.1) is 5.92 Å². The largest absolute Gasteiger partial charge is 0.490 e. The van der Waals surface area contributed by atoms with Gasteiger partial charge in [-0.3, -0.25) is 14.6 Å². The van der Waals surface area contributed by atoms with E-state index in [0.29, 0.717) is 37.6 Å². The molecule has 3 heterocycles. The molecular weight excluding hydrogens is 390 g/mol. The van der Waals surface area contributed by atoms with Crippen LogP contribution in [0.15, 0.2) is 48.8 Å². The summed E-state index contributed by atoms with van der Waals surface area (Å²) in [6, 6.07) is 11.2. The van der Waals surface area contributed by atoms with Gasteiger partial charge in [0, 0.05) is 62.9 Å². The van der Waals surface area contributed by atoms with Gasteiger partial charge in [-0.15, -0.1) is 0 Å². The Hall–Kier alpha value is -2.60. The van der Waals surface area contributed by atoms with E-state index < -0.39 is 0 Å². The number of piperidine rings is 1. The zero-order valence-corrected chi connectivity index (χ0v) is 16.9. The number of rotatable bonds is 5. The van der Waals surface area contributed by atoms with Crippen LogP contribution in [0.3, 0.4) is 0 Å². The van der Waals surface area contributed by atoms with Gasteiger partial charge in [-0.25, -0.2) is 0 Å². The highest BCUT2D eigenvalue weighted by Gasteiger charge is 2.37. The van der Waals surface area contributed by atoms with Gasteiger partial charge in [0.15, 0.2) is 0 Å². The van der Waals surface area contributed by atoms with Gasteiger partial charge in [-0.2, -0.15) is 0 Å². The van der Waals surface area contributed by atoms with Crippen LogP contribution < -0.4 is 4.74 Å². The fourth-order valence-corrected chi connectivity index (χ4v) is 4.16. The van der Waals surface area contributed by atoms with Crippen molar-refractivity contribution in [3.63, 3.8) is 0 Å². The van der Waals surface area contributed by atoms with Crippen molar-refractivity contribution in [3.8, 4) is 5.75 Å². The molecule has 1 aromatic heterocycles. The summed E-state index contributed by atoms with van der Waals surface area (Å²) in [5.74, 6) is 0.626. The third-order valence-corrected chi connectivity index (χ3v) is 5.77. The van der Waals surface area contributed by atoms with E-state index in [0.717, 1.165) is 24.2 Å². The Morgan fingerprint density at radius 2 is 1.93 bits per heavy atom. The van der Waals surface area contributed by atoms with Gasteiger partial charge in [-0.05, 0) is 35.9 Å². The van der Waals surface area contributed by atoms with Crippen LogP contribution in [0.1, 0.15) is 24.8 Å². The molecule has 0 aliphatic carbocycles. The predicted molar refractivity (Wildman–Crippen MR) is 109 cm³/mol. The Labute approximate surface area is 175 Å². The highest BCUT2D eigenvalue weighted by atomic mass is 35.5. The minimum absolute atomic E-state index is 0.0411. The maximum atomic E-state index is 12.9. The number of nitrogens with zero attached hydrogens (tertiary/aromatic N) is 3. The van der Waals surface area contributed by atoms with E-state index in [1.807, 2.05) is 35.2 Å². The van der Waals surface area contributed by atoms with Crippen LogP contribution in [0.2, 0.25) is 5.02 Å². The summed E-state index contributed by atoms with van der Waals surface area (Å²) in [4.78, 5) is 33.0. The first kappa shape index (κ1) is 19.7. The second-order valence-corrected chi connectivity index (χ2v) is 8.07. The van der Waals surface area contributed by atoms with Crippen LogP contribution in [0.25, 0.3) is 0 Å². The number of carbonyl (C=O) groups is 2. The summed E-state index contributed by atoms with van der Waals surface area (Å²) < 4.78 is 6.00. The molecule has 29 heavy (non-hydrogen) atoms. The Bertz CT molecular complexity index is 869. The summed E-state index contributed by atoms with van der Waals surface area (Å²) in [7, 11) is 0. The van der Waals surface area contributed by atoms with Crippen LogP contribution in [-0.4, -0.2) is 52.3 Å². The van der Waals surface area contributed by atoms with E-state index >= 15 is 0 Å². The molecule has 1 unspecified atom stereocenters. The van der Waals surface area contributed by atoms with E-state index in [4.69, 9.17) is 16.3 Å². The van der Waals surface area contributed by atoms with Gasteiger partial charge in [0.25, 0.3) is 0 Å². The maximum Gasteiger partial charge on any atom is 0.227 e. The zero-order chi connectivity index (χ0) is 20.2. The van der Waals surface area contributed by atoms with Gasteiger partial charge in [0.1, 0.15) is 11.9 Å². The number of aromatic nitrogens is 1. The lowest BCUT2D eigenvalue weighted by Crippen LogP contribution is -2.44. The second kappa shape index (κ2) is 8.82. The molecule has 0 N–H and O–H groups in total. The molecule has 7 heteroatoms. The van der Waals surface area contributed by atoms with Crippen LogP contribution in [0.5, 0.6) is 5.75 Å². The molecule has 0 saturated carbocycles. The number of likely N-dealkylation sites (tertiary alicyclic amines) is 2. The van der Waals surface area contributed by atoms with Crippen molar-refractivity contribution >= 4 is 23.4 Å². The molecule has 2 aliphatic heterocycles. The minimum Gasteiger partial charge on any atom is -0.490 e. The smallest absolute Gasteiger partial charge is 0.227 e. The van der Waals surface area contributed by atoms with Crippen LogP contribution in [0, 0.1) is 5.92 Å². The van der Waals surface area contributed by atoms with Crippen molar-refractivity contribution in [2.24, 2.45) is 5.92 Å². The van der Waals surface area contributed by atoms with Crippen molar-refractivity contribution in [1.29, 1.82) is 0 Å². The molecule has 4 rings (SSSR count). The monoisotopic (exact) mass is 413 g/mol. The van der Waals surface area contributed by atoms with E-state index in [1.54, 1.807) is 23.4 Å². The fourth-order valence-electron chi connectivity index (χ4n) is 3.98. The van der Waals surface area contributed by atoms with E-state index in [-0.39, 0.29) is 23.8 Å². The summed E-state index contributed by atoms with van der Waals surface area (Å²) in [6.07, 6.45) is 5.36. The van der Waals surface area contributed by atoms with Gasteiger partial charge < -0.3 is 14.5 Å². The first-order valence-corrected chi connectivity index (χ1v) is 10.3. The molecule has 0 spiro atoms. The van der Waals surface area contributed by atoms with E-state index in [1.165, 1.54) is 0 Å². The molecule has 1 aromatic carbocycles. The lowest BCUT2D eigenvalue weighted by molar-refractivity contribution is -0.137. The van der Waals surface area contributed by atoms with Gasteiger partial charge in [0.2, 0.25) is 11.8 Å². The summed E-state index contributed by atoms with van der Waals surface area (Å²) in [5.41, 5.74) is 1.03. The average Bonchev–Trinajstić information content (AvgIpc) is 3.09. The highest BCUT2D eigenvalue weighted by Crippen LogP contribution is 2.26. The quantitative estimate of drug-likeness (QED) is 0.755. The third-order valence-electron chi connectivity index (χ3n) is 5.54. The topological polar surface area (TPSA) is 62.7 Å². The number of amides is 2. The number of hydrogen-bond acceptors (Lipinski definition) is 4. The van der Waals surface area contributed by atoms with E-state index in [2.05, 4.69) is 4.98 Å². The molecule has 6 nitrogen and oxygen atoms in total. The van der Waals surface area contributed by atoms with Gasteiger partial charge >= 0.3 is 0 Å². The van der Waals surface area contributed by atoms with Crippen molar-refractivity contribution < 1.29 is 14.3 Å². The SMILES string of the molecule is O=C1CC(C(=O)N2CCC(Oc3cccc(Cl)c3)CC2)CN1Cc1ccncc1. The molecule has 2 aromatic rings. The third kappa shape index (κ3) is 4.88. The molecular formula is C22H24ClN3O3. The second-order valence-electron chi connectivity index (χ2n) is 7.63. The fraction of sp³-hybridized carbons (Fsp3) is 0.409. The molecule has 0 radical (unpaired) electrons. The Morgan fingerprint density at radius 3 is 2.66 bits per heavy atom. The van der Waals surface area contributed by atoms with Crippen molar-refractivity contribution in [2.45, 2.75) is 31.9 Å². The summed E-state index contributed by atoms with van der Waals surface area (Å²) >= 11 is 6.01. The normalized spacial score (nSPS) is 20.2. The van der Waals surface area contributed by atoms with Crippen LogP contribution >= 0.6 is 11.6 Å². The number of halogens is 1. The van der Waals surface area contributed by atoms with Crippen molar-refractivity contribution in [1.82, 2.24) is 14.8 Å². The molecule has 2 fully saturated rings. The van der Waals surface area contributed by atoms with Crippen molar-refractivity contribution in [2.75, 3.05) is 19.6 Å². The highest BCUT2D eigenvalue weighted by molar-refractivity contribution is 6.30. The first-order valence-electron chi connectivity index (χ1n) is 9.96. The molecule has 2 amide bonds. The maximum absolute atomic E-state index is 12.9. The number of pyridine rings is 1. The molecule has 1 atom stereocenters. The molecule has 152 valence electrons. The Kier molecular flexibility index (Phi) is 6.00. The molecule has 0 bridgehead atoms. The Morgan fingerprint density at radius 1 is 1.17 bits per heavy atom. The predicted octanol–water partition coefficient (Wildman–Crippen LogP) is 3.15. The van der Waals surface area contributed by atoms with Crippen LogP contribution in [0.4, 0.5) is 0 Å². The summed E-state index contributed by atoms with van der Waals surface area (Å²) in [6.45, 7) is 2.32. The zero-order valence-electron chi connectivity index (χ0n) is 16.2. The van der Waals surface area contributed by atoms with Crippen LogP contribution in [-0.2, 0) is 16.1 Å². The number of ether oxygens (including phenoxy) is 1. The number of carbonyl (C=O) groups excluding carboxylic acids is 2. The molecule has 2 saturated heterocycles. The molecule has 2 aliphatic rings. The number of hydrogen-bond donors (Lipinski definition) is 0. The van der Waals surface area contributed by atoms with E-state index in [9.17, 15) is 9.59 Å². The standard InChI is InChI=1S/C22H24ClN3O3/c23-18-2-1-3-20(13-18)29-19-6-10-25(11-7-19)22(28)17-12-21(27)26(15-17)14-16-4-8-24-9-5-16/h1-5,8-9,13,17,19H,6-7,10-12,14-15H2. The first-order chi connectivity index (χ1) is 14.1. The minimum atomic E-state index is -0.255. The van der Waals surface area contributed by atoms with Gasteiger partial charge in [-0.1, -0.05) is 17.7 Å². The lowest BCUT2D eigenvalue weighted by atomic mass is 10.0. The van der Waals surface area contributed by atoms with Crippen molar-refractivity contribution in [3.05, 3.63) is 59.4 Å². The number of benzene rings is 1. The average molecular weight is 414 g/mol.